The maximum atomic E-state index is 11.8. The number of benzene rings is 1. The van der Waals surface area contributed by atoms with Crippen LogP contribution in [-0.4, -0.2) is 16.6 Å². The topological polar surface area (TPSA) is 32.7 Å². The average Bonchev–Trinajstić information content (AvgIpc) is 3.08. The summed E-state index contributed by atoms with van der Waals surface area (Å²) in [5.74, 6) is -0.0147. The zero-order valence-electron chi connectivity index (χ0n) is 10.6. The van der Waals surface area contributed by atoms with E-state index in [0.717, 1.165) is 23.3 Å². The monoisotopic (exact) mass is 270 g/mol. The third-order valence-corrected chi connectivity index (χ3v) is 3.95. The third kappa shape index (κ3) is 2.31. The Morgan fingerprint density at radius 1 is 1.32 bits per heavy atom. The van der Waals surface area contributed by atoms with Crippen LogP contribution in [0.3, 0.4) is 0 Å². The fraction of sp³-hybridized carbons (Fsp3) is 0.200. The van der Waals surface area contributed by atoms with Gasteiger partial charge in [0.15, 0.2) is 0 Å². The van der Waals surface area contributed by atoms with E-state index in [1.54, 1.807) is 23.3 Å². The predicted octanol–water partition coefficient (Wildman–Crippen LogP) is 3.45. The lowest BCUT2D eigenvalue weighted by molar-refractivity contribution is -0.130. The van der Waals surface area contributed by atoms with Gasteiger partial charge in [-0.05, 0) is 22.4 Å². The minimum atomic E-state index is -0.0147. The van der Waals surface area contributed by atoms with E-state index in [1.165, 1.54) is 0 Å². The van der Waals surface area contributed by atoms with E-state index in [4.69, 9.17) is 0 Å². The number of hydrogen-bond acceptors (Lipinski definition) is 3. The molecule has 0 spiro atoms. The number of hydrogen-bond donors (Lipinski definition) is 0. The van der Waals surface area contributed by atoms with Crippen LogP contribution in [0.25, 0.3) is 0 Å². The van der Waals surface area contributed by atoms with E-state index in [0.29, 0.717) is 0 Å². The lowest BCUT2D eigenvalue weighted by Crippen LogP contribution is -2.24. The number of rotatable bonds is 2. The molecule has 3 nitrogen and oxygen atoms in total. The van der Waals surface area contributed by atoms with Gasteiger partial charge in [0, 0.05) is 18.9 Å². The molecule has 0 N–H and O–H groups in total. The lowest BCUT2D eigenvalue weighted by atomic mass is 10.00. The number of carbonyl (C=O) groups is 1. The summed E-state index contributed by atoms with van der Waals surface area (Å²) in [6, 6.07) is 12.1. The molecular formula is C15H14N2OS. The summed E-state index contributed by atoms with van der Waals surface area (Å²) in [5, 5.41) is 10.2. The van der Waals surface area contributed by atoms with Gasteiger partial charge in [0.2, 0.25) is 5.91 Å². The minimum Gasteiger partial charge on any atom is -0.273 e. The first kappa shape index (κ1) is 12.1. The van der Waals surface area contributed by atoms with Gasteiger partial charge >= 0.3 is 0 Å². The fourth-order valence-electron chi connectivity index (χ4n) is 2.34. The van der Waals surface area contributed by atoms with E-state index < -0.39 is 0 Å². The van der Waals surface area contributed by atoms with Crippen molar-refractivity contribution in [1.29, 1.82) is 0 Å². The molecule has 0 fully saturated rings. The van der Waals surface area contributed by atoms with Crippen molar-refractivity contribution in [1.82, 2.24) is 5.01 Å². The second-order valence-corrected chi connectivity index (χ2v) is 5.33. The zero-order chi connectivity index (χ0) is 13.2. The maximum absolute atomic E-state index is 11.8. The first-order chi connectivity index (χ1) is 9.25. The van der Waals surface area contributed by atoms with Crippen LogP contribution in [0.5, 0.6) is 0 Å². The highest BCUT2D eigenvalue weighted by Gasteiger charge is 2.31. The molecule has 0 saturated carbocycles. The average molecular weight is 270 g/mol. The number of amides is 1. The molecule has 4 heteroatoms. The fourth-order valence-corrected chi connectivity index (χ4v) is 3.00. The van der Waals surface area contributed by atoms with Gasteiger partial charge in [0.25, 0.3) is 0 Å². The van der Waals surface area contributed by atoms with Crippen LogP contribution >= 0.6 is 11.3 Å². The minimum absolute atomic E-state index is 0.0147. The molecule has 1 amide bonds. The highest BCUT2D eigenvalue weighted by molar-refractivity contribution is 7.08. The maximum Gasteiger partial charge on any atom is 0.240 e. The SMILES string of the molecule is CC(=O)N1N=C(c2ccsc2)C[C@H]1c1ccccc1. The second kappa shape index (κ2) is 4.97. The molecule has 0 bridgehead atoms. The highest BCUT2D eigenvalue weighted by Crippen LogP contribution is 2.32. The molecule has 0 aliphatic carbocycles. The van der Waals surface area contributed by atoms with E-state index in [2.05, 4.69) is 16.5 Å². The van der Waals surface area contributed by atoms with Crippen LogP contribution in [0.4, 0.5) is 0 Å². The Labute approximate surface area is 116 Å². The molecule has 19 heavy (non-hydrogen) atoms. The normalized spacial score (nSPS) is 18.5. The number of nitrogens with zero attached hydrogens (tertiary/aromatic N) is 2. The quantitative estimate of drug-likeness (QED) is 0.822. The summed E-state index contributed by atoms with van der Waals surface area (Å²) in [7, 11) is 0. The molecule has 2 aromatic rings. The van der Waals surface area contributed by atoms with Crippen molar-refractivity contribution in [3.63, 3.8) is 0 Å². The molecule has 2 heterocycles. The van der Waals surface area contributed by atoms with Crippen molar-refractivity contribution >= 4 is 23.0 Å². The van der Waals surface area contributed by atoms with Crippen LogP contribution < -0.4 is 0 Å². The summed E-state index contributed by atoms with van der Waals surface area (Å²) in [5.41, 5.74) is 3.24. The summed E-state index contributed by atoms with van der Waals surface area (Å²) in [6.45, 7) is 1.57. The van der Waals surface area contributed by atoms with E-state index >= 15 is 0 Å². The van der Waals surface area contributed by atoms with Crippen molar-refractivity contribution < 1.29 is 4.79 Å². The zero-order valence-corrected chi connectivity index (χ0v) is 11.4. The molecule has 1 aromatic heterocycles. The molecule has 0 radical (unpaired) electrons. The third-order valence-electron chi connectivity index (χ3n) is 3.27. The Hall–Kier alpha value is -1.94. The molecule has 0 saturated heterocycles. The van der Waals surface area contributed by atoms with Crippen molar-refractivity contribution in [2.45, 2.75) is 19.4 Å². The second-order valence-electron chi connectivity index (χ2n) is 4.55. The van der Waals surface area contributed by atoms with Gasteiger partial charge < -0.3 is 0 Å². The molecule has 1 aromatic carbocycles. The number of thiophene rings is 1. The summed E-state index contributed by atoms with van der Waals surface area (Å²) >= 11 is 1.65. The molecule has 1 aliphatic rings. The van der Waals surface area contributed by atoms with Crippen LogP contribution in [0, 0.1) is 0 Å². The molecule has 1 aliphatic heterocycles. The van der Waals surface area contributed by atoms with Gasteiger partial charge in [-0.1, -0.05) is 30.3 Å². The Morgan fingerprint density at radius 3 is 2.74 bits per heavy atom. The number of carbonyl (C=O) groups excluding carboxylic acids is 1. The van der Waals surface area contributed by atoms with Crippen molar-refractivity contribution in [2.75, 3.05) is 0 Å². The van der Waals surface area contributed by atoms with E-state index in [1.807, 2.05) is 35.7 Å². The molecule has 96 valence electrons. The smallest absolute Gasteiger partial charge is 0.240 e. The van der Waals surface area contributed by atoms with Gasteiger partial charge in [-0.15, -0.1) is 0 Å². The Kier molecular flexibility index (Phi) is 3.17. The molecular weight excluding hydrogens is 256 g/mol. The Balaban J connectivity index is 1.94. The molecule has 1 atom stereocenters. The highest BCUT2D eigenvalue weighted by atomic mass is 32.1. The Bertz CT molecular complexity index is 604. The van der Waals surface area contributed by atoms with Gasteiger partial charge in [0.1, 0.15) is 0 Å². The first-order valence-electron chi connectivity index (χ1n) is 6.20. The molecule has 0 unspecified atom stereocenters. The van der Waals surface area contributed by atoms with Gasteiger partial charge in [-0.2, -0.15) is 16.4 Å². The van der Waals surface area contributed by atoms with Crippen LogP contribution in [0.1, 0.15) is 30.5 Å². The Morgan fingerprint density at radius 2 is 2.11 bits per heavy atom. The van der Waals surface area contributed by atoms with Crippen LogP contribution in [0.15, 0.2) is 52.3 Å². The lowest BCUT2D eigenvalue weighted by Gasteiger charge is -2.20. The largest absolute Gasteiger partial charge is 0.273 e. The number of hydrazone groups is 1. The summed E-state index contributed by atoms with van der Waals surface area (Å²) < 4.78 is 0. The van der Waals surface area contributed by atoms with Gasteiger partial charge in [-0.3, -0.25) is 4.79 Å². The van der Waals surface area contributed by atoms with E-state index in [-0.39, 0.29) is 11.9 Å². The van der Waals surface area contributed by atoms with Crippen LogP contribution in [0.2, 0.25) is 0 Å². The standard InChI is InChI=1S/C15H14N2OS/c1-11(18)17-15(12-5-3-2-4-6-12)9-14(16-17)13-7-8-19-10-13/h2-8,10,15H,9H2,1H3/t15-/m0/s1. The molecule has 3 rings (SSSR count). The van der Waals surface area contributed by atoms with E-state index in [9.17, 15) is 4.79 Å². The van der Waals surface area contributed by atoms with Crippen molar-refractivity contribution in [3.8, 4) is 0 Å². The van der Waals surface area contributed by atoms with Crippen molar-refractivity contribution in [2.24, 2.45) is 5.10 Å². The first-order valence-corrected chi connectivity index (χ1v) is 7.15. The van der Waals surface area contributed by atoms with Crippen molar-refractivity contribution in [3.05, 3.63) is 58.3 Å². The van der Waals surface area contributed by atoms with Gasteiger partial charge in [0.05, 0.1) is 11.8 Å². The predicted molar refractivity (Wildman–Crippen MR) is 77.2 cm³/mol. The summed E-state index contributed by atoms with van der Waals surface area (Å²) in [6.07, 6.45) is 0.778. The summed E-state index contributed by atoms with van der Waals surface area (Å²) in [4.78, 5) is 11.8. The van der Waals surface area contributed by atoms with Gasteiger partial charge in [-0.25, -0.2) is 5.01 Å². The van der Waals surface area contributed by atoms with Crippen LogP contribution in [-0.2, 0) is 4.79 Å².